The summed E-state index contributed by atoms with van der Waals surface area (Å²) < 4.78 is 0. The quantitative estimate of drug-likeness (QED) is 0.465. The molecule has 0 saturated carbocycles. The molecule has 1 N–H and O–H groups in total. The van der Waals surface area contributed by atoms with Gasteiger partial charge in [0.15, 0.2) is 0 Å². The normalized spacial score (nSPS) is 14.4. The summed E-state index contributed by atoms with van der Waals surface area (Å²) in [6.07, 6.45) is 8.66. The van der Waals surface area contributed by atoms with Crippen LogP contribution in [0.3, 0.4) is 0 Å². The van der Waals surface area contributed by atoms with E-state index in [1.165, 1.54) is 43.4 Å². The summed E-state index contributed by atoms with van der Waals surface area (Å²) in [6.45, 7) is 10.6. The van der Waals surface area contributed by atoms with Crippen LogP contribution in [0.5, 0.6) is 0 Å². The van der Waals surface area contributed by atoms with Crippen LogP contribution in [0.15, 0.2) is 23.9 Å². The molecule has 88 valence electrons. The van der Waals surface area contributed by atoms with Crippen LogP contribution in [0.2, 0.25) is 0 Å². The van der Waals surface area contributed by atoms with Crippen molar-refractivity contribution in [2.75, 3.05) is 7.05 Å². The minimum atomic E-state index is 0.631. The molecular weight excluding hydrogens is 182 g/mol. The molecular formula is C14H27N. The van der Waals surface area contributed by atoms with Gasteiger partial charge in [-0.1, -0.05) is 52.2 Å². The van der Waals surface area contributed by atoms with Crippen LogP contribution in [-0.2, 0) is 0 Å². The molecule has 1 heteroatoms. The molecule has 0 radical (unpaired) electrons. The molecule has 0 aromatic carbocycles. The van der Waals surface area contributed by atoms with Crippen molar-refractivity contribution in [3.8, 4) is 0 Å². The van der Waals surface area contributed by atoms with Gasteiger partial charge in [-0.3, -0.25) is 0 Å². The SMILES string of the molecule is C=C/C(=C(/C)NC)C(C)CCCCCC. The zero-order chi connectivity index (χ0) is 11.7. The van der Waals surface area contributed by atoms with Crippen LogP contribution in [0.25, 0.3) is 0 Å². The molecule has 0 heterocycles. The van der Waals surface area contributed by atoms with E-state index in [0.29, 0.717) is 5.92 Å². The Bertz CT molecular complexity index is 203. The minimum Gasteiger partial charge on any atom is -0.391 e. The van der Waals surface area contributed by atoms with Crippen LogP contribution < -0.4 is 5.32 Å². The Morgan fingerprint density at radius 1 is 1.33 bits per heavy atom. The average Bonchev–Trinajstić information content (AvgIpc) is 2.25. The molecule has 0 fully saturated rings. The highest BCUT2D eigenvalue weighted by Gasteiger charge is 2.07. The molecule has 0 bridgehead atoms. The van der Waals surface area contributed by atoms with Crippen molar-refractivity contribution in [1.29, 1.82) is 0 Å². The first-order chi connectivity index (χ1) is 7.17. The van der Waals surface area contributed by atoms with Crippen LogP contribution in [-0.4, -0.2) is 7.05 Å². The third-order valence-corrected chi connectivity index (χ3v) is 3.05. The van der Waals surface area contributed by atoms with E-state index in [0.717, 1.165) is 0 Å². The highest BCUT2D eigenvalue weighted by Crippen LogP contribution is 2.21. The third kappa shape index (κ3) is 5.66. The molecule has 0 aliphatic rings. The van der Waals surface area contributed by atoms with E-state index in [4.69, 9.17) is 0 Å². The summed E-state index contributed by atoms with van der Waals surface area (Å²) in [5.74, 6) is 0.631. The molecule has 0 aliphatic carbocycles. The molecule has 0 rings (SSSR count). The Balaban J connectivity index is 4.06. The Morgan fingerprint density at radius 2 is 2.00 bits per heavy atom. The first kappa shape index (κ1) is 14.3. The monoisotopic (exact) mass is 209 g/mol. The lowest BCUT2D eigenvalue weighted by Gasteiger charge is -2.16. The van der Waals surface area contributed by atoms with Crippen molar-refractivity contribution < 1.29 is 0 Å². The second kappa shape index (κ2) is 8.58. The fraction of sp³-hybridized carbons (Fsp3) is 0.714. The largest absolute Gasteiger partial charge is 0.391 e. The van der Waals surface area contributed by atoms with Gasteiger partial charge < -0.3 is 5.32 Å². The molecule has 0 amide bonds. The number of hydrogen-bond donors (Lipinski definition) is 1. The second-order valence-corrected chi connectivity index (χ2v) is 4.28. The molecule has 1 unspecified atom stereocenters. The Hall–Kier alpha value is -0.720. The van der Waals surface area contributed by atoms with Crippen molar-refractivity contribution in [2.45, 2.75) is 52.9 Å². The molecule has 0 saturated heterocycles. The summed E-state index contributed by atoms with van der Waals surface area (Å²) >= 11 is 0. The zero-order valence-electron chi connectivity index (χ0n) is 10.9. The molecule has 1 nitrogen and oxygen atoms in total. The summed E-state index contributed by atoms with van der Waals surface area (Å²) in [5, 5.41) is 3.21. The van der Waals surface area contributed by atoms with Crippen LogP contribution in [0.1, 0.15) is 52.9 Å². The van der Waals surface area contributed by atoms with Crippen molar-refractivity contribution >= 4 is 0 Å². The van der Waals surface area contributed by atoms with E-state index in [-0.39, 0.29) is 0 Å². The topological polar surface area (TPSA) is 12.0 Å². The Morgan fingerprint density at radius 3 is 2.47 bits per heavy atom. The fourth-order valence-corrected chi connectivity index (χ4v) is 1.90. The van der Waals surface area contributed by atoms with Crippen molar-refractivity contribution in [3.05, 3.63) is 23.9 Å². The van der Waals surface area contributed by atoms with Crippen LogP contribution >= 0.6 is 0 Å². The highest BCUT2D eigenvalue weighted by atomic mass is 14.8. The molecule has 1 atom stereocenters. The number of allylic oxidation sites excluding steroid dienone is 3. The maximum Gasteiger partial charge on any atom is 0.0107 e. The van der Waals surface area contributed by atoms with E-state index in [2.05, 4.69) is 32.7 Å². The fourth-order valence-electron chi connectivity index (χ4n) is 1.90. The summed E-state index contributed by atoms with van der Waals surface area (Å²) in [7, 11) is 1.97. The number of unbranched alkanes of at least 4 members (excludes halogenated alkanes) is 3. The van der Waals surface area contributed by atoms with E-state index >= 15 is 0 Å². The van der Waals surface area contributed by atoms with E-state index in [9.17, 15) is 0 Å². The van der Waals surface area contributed by atoms with Gasteiger partial charge in [-0.2, -0.15) is 0 Å². The number of nitrogens with one attached hydrogen (secondary N) is 1. The Kier molecular flexibility index (Phi) is 8.17. The first-order valence-electron chi connectivity index (χ1n) is 6.18. The molecule has 0 spiro atoms. The van der Waals surface area contributed by atoms with Crippen molar-refractivity contribution in [2.24, 2.45) is 5.92 Å². The average molecular weight is 209 g/mol. The standard InChI is InChI=1S/C14H27N/c1-6-8-9-10-11-12(3)14(7-2)13(4)15-5/h7,12,15H,2,6,8-11H2,1,3-5H3/b14-13+. The summed E-state index contributed by atoms with van der Waals surface area (Å²) in [5.41, 5.74) is 2.63. The second-order valence-electron chi connectivity index (χ2n) is 4.28. The van der Waals surface area contributed by atoms with Crippen LogP contribution in [0, 0.1) is 5.92 Å². The number of hydrogen-bond acceptors (Lipinski definition) is 1. The predicted octanol–water partition coefficient (Wildman–Crippen LogP) is 4.27. The van der Waals surface area contributed by atoms with E-state index < -0.39 is 0 Å². The lowest BCUT2D eigenvalue weighted by Crippen LogP contribution is -2.09. The van der Waals surface area contributed by atoms with Gasteiger partial charge in [0.1, 0.15) is 0 Å². The van der Waals surface area contributed by atoms with Gasteiger partial charge in [-0.05, 0) is 24.8 Å². The predicted molar refractivity (Wildman–Crippen MR) is 69.9 cm³/mol. The smallest absolute Gasteiger partial charge is 0.0107 e. The number of rotatable bonds is 8. The van der Waals surface area contributed by atoms with Gasteiger partial charge in [0.05, 0.1) is 0 Å². The van der Waals surface area contributed by atoms with Gasteiger partial charge in [0, 0.05) is 12.7 Å². The lowest BCUT2D eigenvalue weighted by molar-refractivity contribution is 0.544. The van der Waals surface area contributed by atoms with Gasteiger partial charge in [0.25, 0.3) is 0 Å². The van der Waals surface area contributed by atoms with E-state index in [1.54, 1.807) is 0 Å². The Labute approximate surface area is 95.7 Å². The maximum absolute atomic E-state index is 3.90. The summed E-state index contributed by atoms with van der Waals surface area (Å²) in [6, 6.07) is 0. The van der Waals surface area contributed by atoms with Crippen molar-refractivity contribution in [3.63, 3.8) is 0 Å². The first-order valence-corrected chi connectivity index (χ1v) is 6.18. The van der Waals surface area contributed by atoms with Gasteiger partial charge in [-0.15, -0.1) is 0 Å². The lowest BCUT2D eigenvalue weighted by atomic mass is 9.93. The van der Waals surface area contributed by atoms with Gasteiger partial charge in [-0.25, -0.2) is 0 Å². The molecule has 0 aromatic rings. The molecule has 15 heavy (non-hydrogen) atoms. The van der Waals surface area contributed by atoms with Gasteiger partial charge >= 0.3 is 0 Å². The molecule has 0 aliphatic heterocycles. The third-order valence-electron chi connectivity index (χ3n) is 3.05. The van der Waals surface area contributed by atoms with Gasteiger partial charge in [0.2, 0.25) is 0 Å². The molecule has 0 aromatic heterocycles. The van der Waals surface area contributed by atoms with Crippen LogP contribution in [0.4, 0.5) is 0 Å². The highest BCUT2D eigenvalue weighted by molar-refractivity contribution is 5.23. The maximum atomic E-state index is 3.90. The van der Waals surface area contributed by atoms with Crippen molar-refractivity contribution in [1.82, 2.24) is 5.32 Å². The van der Waals surface area contributed by atoms with E-state index in [1.807, 2.05) is 13.1 Å². The summed E-state index contributed by atoms with van der Waals surface area (Å²) in [4.78, 5) is 0. The minimum absolute atomic E-state index is 0.631. The zero-order valence-corrected chi connectivity index (χ0v) is 10.9.